The van der Waals surface area contributed by atoms with Gasteiger partial charge >= 0.3 is 0 Å². The van der Waals surface area contributed by atoms with Gasteiger partial charge in [-0.2, -0.15) is 0 Å². The quantitative estimate of drug-likeness (QED) is 0.482. The van der Waals surface area contributed by atoms with Crippen LogP contribution in [0.4, 0.5) is 0 Å². The van der Waals surface area contributed by atoms with Crippen LogP contribution < -0.4 is 15.4 Å². The highest BCUT2D eigenvalue weighted by Crippen LogP contribution is 2.46. The molecule has 0 aliphatic carbocycles. The fraction of sp³-hybridized carbons (Fsp3) is 0.300. The molecule has 3 aromatic carbocycles. The first kappa shape index (κ1) is 24.7. The van der Waals surface area contributed by atoms with E-state index >= 15 is 0 Å². The van der Waals surface area contributed by atoms with Crippen LogP contribution in [0.15, 0.2) is 60.7 Å². The summed E-state index contributed by atoms with van der Waals surface area (Å²) < 4.78 is 5.36. The van der Waals surface area contributed by atoms with E-state index in [1.54, 1.807) is 31.4 Å². The maximum absolute atomic E-state index is 13.7. The van der Waals surface area contributed by atoms with Crippen LogP contribution in [0.2, 0.25) is 0 Å². The average molecular weight is 498 g/mol. The molecule has 2 amide bonds. The van der Waals surface area contributed by atoms with Crippen molar-refractivity contribution in [3.8, 4) is 5.75 Å². The number of ether oxygens (including phenoxy) is 1. The van der Waals surface area contributed by atoms with Crippen molar-refractivity contribution in [2.75, 3.05) is 20.2 Å². The van der Waals surface area contributed by atoms with Gasteiger partial charge in [-0.15, -0.1) is 0 Å². The summed E-state index contributed by atoms with van der Waals surface area (Å²) in [5.41, 5.74) is 5.19. The molecule has 0 aromatic heterocycles. The SMILES string of the molecule is COc1ccc(CN2C(=O)c3ccc(CNC(=O)c4ccccc4C=O)cc3C23CCNCC3)c(C)c1. The Kier molecular flexibility index (Phi) is 6.80. The summed E-state index contributed by atoms with van der Waals surface area (Å²) in [6, 6.07) is 18.6. The fourth-order valence-corrected chi connectivity index (χ4v) is 5.59. The largest absolute Gasteiger partial charge is 0.497 e. The van der Waals surface area contributed by atoms with Crippen molar-refractivity contribution in [1.82, 2.24) is 15.5 Å². The van der Waals surface area contributed by atoms with E-state index in [4.69, 9.17) is 4.74 Å². The smallest absolute Gasteiger partial charge is 0.255 e. The topological polar surface area (TPSA) is 87.7 Å². The molecule has 0 radical (unpaired) electrons. The van der Waals surface area contributed by atoms with Crippen LogP contribution in [0.3, 0.4) is 0 Å². The van der Waals surface area contributed by atoms with Gasteiger partial charge in [-0.25, -0.2) is 0 Å². The van der Waals surface area contributed by atoms with Gasteiger partial charge in [-0.05, 0) is 79.4 Å². The minimum atomic E-state index is -0.395. The van der Waals surface area contributed by atoms with Crippen molar-refractivity contribution in [3.05, 3.63) is 99.6 Å². The second kappa shape index (κ2) is 10.2. The van der Waals surface area contributed by atoms with E-state index in [1.807, 2.05) is 42.2 Å². The lowest BCUT2D eigenvalue weighted by molar-refractivity contribution is 0.0412. The third-order valence-electron chi connectivity index (χ3n) is 7.67. The number of carbonyl (C=O) groups is 3. The average Bonchev–Trinajstić information content (AvgIpc) is 3.15. The van der Waals surface area contributed by atoms with Gasteiger partial charge < -0.3 is 20.3 Å². The molecular formula is C30H31N3O4. The molecule has 0 atom stereocenters. The number of amides is 2. The van der Waals surface area contributed by atoms with Crippen molar-refractivity contribution in [3.63, 3.8) is 0 Å². The zero-order chi connectivity index (χ0) is 26.0. The molecule has 0 bridgehead atoms. The van der Waals surface area contributed by atoms with Crippen LogP contribution >= 0.6 is 0 Å². The molecule has 2 N–H and O–H groups in total. The number of fused-ring (bicyclic) bond motifs is 2. The number of nitrogens with one attached hydrogen (secondary N) is 2. The first-order valence-corrected chi connectivity index (χ1v) is 12.6. The highest BCUT2D eigenvalue weighted by atomic mass is 16.5. The van der Waals surface area contributed by atoms with Gasteiger partial charge in [-0.1, -0.05) is 36.4 Å². The van der Waals surface area contributed by atoms with Gasteiger partial charge in [0.15, 0.2) is 6.29 Å². The molecule has 3 aromatic rings. The summed E-state index contributed by atoms with van der Waals surface area (Å²) >= 11 is 0. The highest BCUT2D eigenvalue weighted by molar-refractivity contribution is 6.01. The Hall–Kier alpha value is -3.97. The Morgan fingerprint density at radius 3 is 2.62 bits per heavy atom. The van der Waals surface area contributed by atoms with Crippen LogP contribution in [-0.4, -0.2) is 43.2 Å². The summed E-state index contributed by atoms with van der Waals surface area (Å²) in [5, 5.41) is 6.37. The number of hydrogen-bond donors (Lipinski definition) is 2. The summed E-state index contributed by atoms with van der Waals surface area (Å²) in [7, 11) is 1.65. The van der Waals surface area contributed by atoms with Gasteiger partial charge in [0.25, 0.3) is 11.8 Å². The molecule has 7 heteroatoms. The standard InChI is InChI=1S/C30H31N3O4/c1-20-15-24(37-2)9-8-22(20)18-33-29(36)26-10-7-21(16-27(26)30(33)11-13-31-14-12-30)17-32-28(35)25-6-4-3-5-23(25)19-34/h3-10,15-16,19,31H,11-14,17-18H2,1-2H3,(H,32,35). The van der Waals surface area contributed by atoms with E-state index in [9.17, 15) is 14.4 Å². The van der Waals surface area contributed by atoms with Crippen molar-refractivity contribution >= 4 is 18.1 Å². The molecule has 7 nitrogen and oxygen atoms in total. The Labute approximate surface area is 216 Å². The first-order valence-electron chi connectivity index (χ1n) is 12.6. The minimum Gasteiger partial charge on any atom is -0.497 e. The molecule has 2 aliphatic rings. The van der Waals surface area contributed by atoms with Crippen molar-refractivity contribution in [2.45, 2.75) is 38.4 Å². The molecule has 2 heterocycles. The number of aryl methyl sites for hydroxylation is 1. The molecule has 190 valence electrons. The zero-order valence-corrected chi connectivity index (χ0v) is 21.2. The van der Waals surface area contributed by atoms with Crippen molar-refractivity contribution in [1.29, 1.82) is 0 Å². The van der Waals surface area contributed by atoms with E-state index < -0.39 is 5.54 Å². The van der Waals surface area contributed by atoms with Gasteiger partial charge in [0.2, 0.25) is 0 Å². The molecular weight excluding hydrogens is 466 g/mol. The van der Waals surface area contributed by atoms with E-state index in [2.05, 4.69) is 16.7 Å². The second-order valence-corrected chi connectivity index (χ2v) is 9.73. The number of hydrogen-bond acceptors (Lipinski definition) is 5. The van der Waals surface area contributed by atoms with Gasteiger partial charge in [0.05, 0.1) is 12.6 Å². The molecule has 1 spiro atoms. The van der Waals surface area contributed by atoms with Crippen LogP contribution in [-0.2, 0) is 18.6 Å². The molecule has 2 aliphatic heterocycles. The Morgan fingerprint density at radius 1 is 1.11 bits per heavy atom. The van der Waals surface area contributed by atoms with E-state index in [0.717, 1.165) is 59.5 Å². The van der Waals surface area contributed by atoms with Gasteiger partial charge in [-0.3, -0.25) is 14.4 Å². The lowest BCUT2D eigenvalue weighted by Gasteiger charge is -2.43. The van der Waals surface area contributed by atoms with Crippen LogP contribution in [0.25, 0.3) is 0 Å². The predicted octanol–water partition coefficient (Wildman–Crippen LogP) is 3.98. The number of piperidine rings is 1. The summed E-state index contributed by atoms with van der Waals surface area (Å²) in [6.07, 6.45) is 2.34. The molecule has 0 saturated carbocycles. The number of rotatable bonds is 7. The second-order valence-electron chi connectivity index (χ2n) is 9.73. The van der Waals surface area contributed by atoms with E-state index in [0.29, 0.717) is 30.5 Å². The number of nitrogens with zero attached hydrogens (tertiary/aromatic N) is 1. The Morgan fingerprint density at radius 2 is 1.89 bits per heavy atom. The van der Waals surface area contributed by atoms with E-state index in [-0.39, 0.29) is 11.8 Å². The van der Waals surface area contributed by atoms with Crippen LogP contribution in [0.1, 0.15) is 66.2 Å². The Bertz CT molecular complexity index is 1360. The zero-order valence-electron chi connectivity index (χ0n) is 21.2. The summed E-state index contributed by atoms with van der Waals surface area (Å²) in [5.74, 6) is 0.548. The minimum absolute atomic E-state index is 0.0441. The van der Waals surface area contributed by atoms with Crippen molar-refractivity contribution in [2.24, 2.45) is 0 Å². The van der Waals surface area contributed by atoms with Crippen LogP contribution in [0, 0.1) is 6.92 Å². The van der Waals surface area contributed by atoms with Gasteiger partial charge in [0.1, 0.15) is 5.75 Å². The molecule has 1 fully saturated rings. The number of benzene rings is 3. The highest BCUT2D eigenvalue weighted by Gasteiger charge is 2.49. The summed E-state index contributed by atoms with van der Waals surface area (Å²) in [6.45, 7) is 4.53. The third kappa shape index (κ3) is 4.51. The maximum Gasteiger partial charge on any atom is 0.255 e. The number of carbonyl (C=O) groups excluding carboxylic acids is 3. The molecule has 37 heavy (non-hydrogen) atoms. The monoisotopic (exact) mass is 497 g/mol. The number of methoxy groups -OCH3 is 1. The predicted molar refractivity (Wildman–Crippen MR) is 141 cm³/mol. The third-order valence-corrected chi connectivity index (χ3v) is 7.67. The Balaban J connectivity index is 1.43. The lowest BCUT2D eigenvalue weighted by atomic mass is 9.80. The normalized spacial score (nSPS) is 15.9. The first-order chi connectivity index (χ1) is 18.0. The number of aldehydes is 1. The molecule has 0 unspecified atom stereocenters. The van der Waals surface area contributed by atoms with Crippen molar-refractivity contribution < 1.29 is 19.1 Å². The van der Waals surface area contributed by atoms with Crippen LogP contribution in [0.5, 0.6) is 5.75 Å². The molecule has 5 rings (SSSR count). The van der Waals surface area contributed by atoms with E-state index in [1.165, 1.54) is 0 Å². The lowest BCUT2D eigenvalue weighted by Crippen LogP contribution is -2.50. The fourth-order valence-electron chi connectivity index (χ4n) is 5.59. The maximum atomic E-state index is 13.7. The van der Waals surface area contributed by atoms with Gasteiger partial charge in [0, 0.05) is 29.8 Å². The molecule has 1 saturated heterocycles. The summed E-state index contributed by atoms with van der Waals surface area (Å²) in [4.78, 5) is 39.8.